The van der Waals surface area contributed by atoms with Crippen molar-refractivity contribution < 1.29 is 19.6 Å². The van der Waals surface area contributed by atoms with Crippen LogP contribution >= 0.6 is 11.6 Å². The predicted octanol–water partition coefficient (Wildman–Crippen LogP) is 3.90. The Labute approximate surface area is 161 Å². The van der Waals surface area contributed by atoms with Gasteiger partial charge in [-0.3, -0.25) is 19.7 Å². The Hall–Kier alpha value is -2.93. The van der Waals surface area contributed by atoms with Gasteiger partial charge < -0.3 is 10.4 Å². The SMILES string of the molecule is O=C(O)CC(NC(=O)CCCc1ccccc1)c1cc([N+](=O)[O-])ccc1Cl. The number of aliphatic carboxylic acids is 1. The molecule has 0 aliphatic carbocycles. The first-order chi connectivity index (χ1) is 12.9. The molecule has 0 saturated heterocycles. The third-order valence-electron chi connectivity index (χ3n) is 3.99. The number of non-ortho nitro benzene ring substituents is 1. The van der Waals surface area contributed by atoms with E-state index in [2.05, 4.69) is 5.32 Å². The fourth-order valence-electron chi connectivity index (χ4n) is 2.69. The summed E-state index contributed by atoms with van der Waals surface area (Å²) in [6.07, 6.45) is 1.09. The van der Waals surface area contributed by atoms with Crippen molar-refractivity contribution in [1.82, 2.24) is 5.32 Å². The van der Waals surface area contributed by atoms with Gasteiger partial charge in [-0.2, -0.15) is 0 Å². The van der Waals surface area contributed by atoms with Gasteiger partial charge in [-0.25, -0.2) is 0 Å². The topological polar surface area (TPSA) is 110 Å². The molecule has 2 rings (SSSR count). The number of amides is 1. The number of carbonyl (C=O) groups excluding carboxylic acids is 1. The second-order valence-corrected chi connectivity index (χ2v) is 6.43. The van der Waals surface area contributed by atoms with E-state index in [1.54, 1.807) is 0 Å². The van der Waals surface area contributed by atoms with Crippen molar-refractivity contribution in [3.8, 4) is 0 Å². The van der Waals surface area contributed by atoms with E-state index >= 15 is 0 Å². The maximum Gasteiger partial charge on any atom is 0.305 e. The van der Waals surface area contributed by atoms with Crippen LogP contribution in [0.15, 0.2) is 48.5 Å². The normalized spacial score (nSPS) is 11.6. The largest absolute Gasteiger partial charge is 0.481 e. The molecular formula is C19H19ClN2O5. The van der Waals surface area contributed by atoms with Crippen molar-refractivity contribution in [3.63, 3.8) is 0 Å². The van der Waals surface area contributed by atoms with Crippen LogP contribution in [0.2, 0.25) is 5.02 Å². The first-order valence-corrected chi connectivity index (χ1v) is 8.73. The molecule has 27 heavy (non-hydrogen) atoms. The zero-order chi connectivity index (χ0) is 19.8. The number of nitro benzene ring substituents is 1. The van der Waals surface area contributed by atoms with E-state index in [1.807, 2.05) is 30.3 Å². The molecule has 2 aromatic carbocycles. The molecule has 0 heterocycles. The molecule has 142 valence electrons. The lowest BCUT2D eigenvalue weighted by molar-refractivity contribution is -0.384. The minimum Gasteiger partial charge on any atom is -0.481 e. The predicted molar refractivity (Wildman–Crippen MR) is 101 cm³/mol. The third-order valence-corrected chi connectivity index (χ3v) is 4.34. The van der Waals surface area contributed by atoms with Gasteiger partial charge in [0.15, 0.2) is 0 Å². The Kier molecular flexibility index (Phi) is 7.31. The number of nitrogens with one attached hydrogen (secondary N) is 1. The van der Waals surface area contributed by atoms with Crippen LogP contribution in [0.1, 0.15) is 36.4 Å². The van der Waals surface area contributed by atoms with E-state index in [4.69, 9.17) is 16.7 Å². The third kappa shape index (κ3) is 6.38. The standard InChI is InChI=1S/C19H19ClN2O5/c20-16-10-9-14(22(26)27)11-15(16)17(12-19(24)25)21-18(23)8-4-7-13-5-2-1-3-6-13/h1-3,5-6,9-11,17H,4,7-8,12H2,(H,21,23)(H,24,25). The lowest BCUT2D eigenvalue weighted by atomic mass is 10.0. The number of halogens is 1. The molecule has 0 aliphatic heterocycles. The molecular weight excluding hydrogens is 372 g/mol. The fourth-order valence-corrected chi connectivity index (χ4v) is 2.94. The zero-order valence-electron chi connectivity index (χ0n) is 14.4. The van der Waals surface area contributed by atoms with E-state index in [0.717, 1.165) is 12.0 Å². The van der Waals surface area contributed by atoms with Crippen LogP contribution in [-0.4, -0.2) is 21.9 Å². The monoisotopic (exact) mass is 390 g/mol. The summed E-state index contributed by atoms with van der Waals surface area (Å²) in [5.41, 5.74) is 1.10. The molecule has 0 aromatic heterocycles. The highest BCUT2D eigenvalue weighted by atomic mass is 35.5. The quantitative estimate of drug-likeness (QED) is 0.498. The lowest BCUT2D eigenvalue weighted by Crippen LogP contribution is -2.30. The summed E-state index contributed by atoms with van der Waals surface area (Å²) >= 11 is 6.08. The molecule has 0 aliphatic rings. The molecule has 2 aromatic rings. The Bertz CT molecular complexity index is 826. The molecule has 0 bridgehead atoms. The maximum absolute atomic E-state index is 12.2. The minimum atomic E-state index is -1.15. The number of aryl methyl sites for hydroxylation is 1. The van der Waals surface area contributed by atoms with Gasteiger partial charge in [-0.1, -0.05) is 41.9 Å². The minimum absolute atomic E-state index is 0.163. The van der Waals surface area contributed by atoms with Crippen molar-refractivity contribution in [3.05, 3.63) is 74.8 Å². The first-order valence-electron chi connectivity index (χ1n) is 8.35. The van der Waals surface area contributed by atoms with Crippen molar-refractivity contribution in [2.24, 2.45) is 0 Å². The molecule has 0 spiro atoms. The Morgan fingerprint density at radius 2 is 1.89 bits per heavy atom. The van der Waals surface area contributed by atoms with E-state index in [1.165, 1.54) is 18.2 Å². The van der Waals surface area contributed by atoms with Crippen molar-refractivity contribution in [2.75, 3.05) is 0 Å². The van der Waals surface area contributed by atoms with Crippen LogP contribution in [0, 0.1) is 10.1 Å². The van der Waals surface area contributed by atoms with Gasteiger partial charge in [0.1, 0.15) is 0 Å². The Morgan fingerprint density at radius 1 is 1.19 bits per heavy atom. The Morgan fingerprint density at radius 3 is 2.52 bits per heavy atom. The van der Waals surface area contributed by atoms with Crippen molar-refractivity contribution in [1.29, 1.82) is 0 Å². The molecule has 8 heteroatoms. The van der Waals surface area contributed by atoms with Crippen molar-refractivity contribution in [2.45, 2.75) is 31.7 Å². The number of rotatable bonds is 9. The molecule has 2 N–H and O–H groups in total. The van der Waals surface area contributed by atoms with Crippen LogP contribution in [0.4, 0.5) is 5.69 Å². The number of nitro groups is 1. The number of hydrogen-bond donors (Lipinski definition) is 2. The van der Waals surface area contributed by atoms with Crippen LogP contribution in [0.3, 0.4) is 0 Å². The van der Waals surface area contributed by atoms with Gasteiger partial charge in [-0.05, 0) is 24.5 Å². The summed E-state index contributed by atoms with van der Waals surface area (Å²) in [6, 6.07) is 12.5. The number of carboxylic acids is 1. The van der Waals surface area contributed by atoms with Gasteiger partial charge in [0.2, 0.25) is 5.91 Å². The molecule has 0 radical (unpaired) electrons. The molecule has 0 saturated carbocycles. The summed E-state index contributed by atoms with van der Waals surface area (Å²) in [7, 11) is 0. The summed E-state index contributed by atoms with van der Waals surface area (Å²) in [5, 5.41) is 22.9. The summed E-state index contributed by atoms with van der Waals surface area (Å²) in [5.74, 6) is -1.48. The van der Waals surface area contributed by atoms with Gasteiger partial charge >= 0.3 is 5.97 Å². The first kappa shape index (κ1) is 20.4. The van der Waals surface area contributed by atoms with Crippen LogP contribution in [0.5, 0.6) is 0 Å². The highest BCUT2D eigenvalue weighted by Gasteiger charge is 2.22. The smallest absolute Gasteiger partial charge is 0.305 e. The highest BCUT2D eigenvalue weighted by Crippen LogP contribution is 2.29. The number of nitrogens with zero attached hydrogens (tertiary/aromatic N) is 1. The van der Waals surface area contributed by atoms with Gasteiger partial charge in [-0.15, -0.1) is 0 Å². The molecule has 7 nitrogen and oxygen atoms in total. The average molecular weight is 391 g/mol. The average Bonchev–Trinajstić information content (AvgIpc) is 2.62. The fraction of sp³-hybridized carbons (Fsp3) is 0.263. The van der Waals surface area contributed by atoms with Crippen molar-refractivity contribution >= 4 is 29.2 Å². The van der Waals surface area contributed by atoms with E-state index in [0.29, 0.717) is 6.42 Å². The van der Waals surface area contributed by atoms with Gasteiger partial charge in [0, 0.05) is 29.1 Å². The second-order valence-electron chi connectivity index (χ2n) is 6.02. The van der Waals surface area contributed by atoms with E-state index in [-0.39, 0.29) is 28.6 Å². The summed E-state index contributed by atoms with van der Waals surface area (Å²) in [4.78, 5) is 33.8. The molecule has 1 amide bonds. The van der Waals surface area contributed by atoms with Gasteiger partial charge in [0.25, 0.3) is 5.69 Å². The van der Waals surface area contributed by atoms with Crippen LogP contribution < -0.4 is 5.32 Å². The highest BCUT2D eigenvalue weighted by molar-refractivity contribution is 6.31. The lowest BCUT2D eigenvalue weighted by Gasteiger charge is -2.18. The van der Waals surface area contributed by atoms with Crippen LogP contribution in [-0.2, 0) is 16.0 Å². The molecule has 0 fully saturated rings. The maximum atomic E-state index is 12.2. The number of benzene rings is 2. The summed E-state index contributed by atoms with van der Waals surface area (Å²) < 4.78 is 0. The molecule has 1 unspecified atom stereocenters. The zero-order valence-corrected chi connectivity index (χ0v) is 15.2. The number of carbonyl (C=O) groups is 2. The number of hydrogen-bond acceptors (Lipinski definition) is 4. The molecule has 1 atom stereocenters. The Balaban J connectivity index is 2.05. The second kappa shape index (κ2) is 9.68. The summed E-state index contributed by atoms with van der Waals surface area (Å²) in [6.45, 7) is 0. The van der Waals surface area contributed by atoms with Crippen LogP contribution in [0.25, 0.3) is 0 Å². The van der Waals surface area contributed by atoms with Gasteiger partial charge in [0.05, 0.1) is 17.4 Å². The number of carboxylic acid groups (broad SMARTS) is 1. The van der Waals surface area contributed by atoms with E-state index in [9.17, 15) is 19.7 Å². The van der Waals surface area contributed by atoms with E-state index < -0.39 is 23.4 Å².